The van der Waals surface area contributed by atoms with Gasteiger partial charge in [-0.05, 0) is 56.2 Å². The Hall–Kier alpha value is -0.950. The summed E-state index contributed by atoms with van der Waals surface area (Å²) in [5.41, 5.74) is 4.43. The van der Waals surface area contributed by atoms with Gasteiger partial charge in [-0.3, -0.25) is 0 Å². The van der Waals surface area contributed by atoms with Crippen molar-refractivity contribution >= 4 is 11.8 Å². The first kappa shape index (κ1) is 15.9. The molecular formula is C20H26OS. The Bertz CT molecular complexity index is 540. The highest BCUT2D eigenvalue weighted by molar-refractivity contribution is 8.03. The van der Waals surface area contributed by atoms with Crippen molar-refractivity contribution in [3.05, 3.63) is 46.5 Å². The molecule has 0 radical (unpaired) electrons. The summed E-state index contributed by atoms with van der Waals surface area (Å²) in [5.74, 6) is 0. The maximum Gasteiger partial charge on any atom is 0.103 e. The lowest BCUT2D eigenvalue weighted by atomic mass is 9.84. The van der Waals surface area contributed by atoms with Crippen LogP contribution < -0.4 is 0 Å². The SMILES string of the molecule is OC1(C(=C=C2CCCCC2)Sc2ccccc2)CCCCC1. The van der Waals surface area contributed by atoms with Gasteiger partial charge >= 0.3 is 0 Å². The quantitative estimate of drug-likeness (QED) is 0.558. The van der Waals surface area contributed by atoms with Crippen molar-refractivity contribution in [1.82, 2.24) is 0 Å². The molecule has 2 heteroatoms. The third-order valence-corrected chi connectivity index (χ3v) is 6.01. The van der Waals surface area contributed by atoms with E-state index in [-0.39, 0.29) is 0 Å². The van der Waals surface area contributed by atoms with E-state index >= 15 is 0 Å². The van der Waals surface area contributed by atoms with Gasteiger partial charge in [0.1, 0.15) is 5.60 Å². The summed E-state index contributed by atoms with van der Waals surface area (Å²) >= 11 is 1.72. The predicted octanol–water partition coefficient (Wildman–Crippen LogP) is 5.85. The highest BCUT2D eigenvalue weighted by Crippen LogP contribution is 2.42. The molecule has 1 aromatic carbocycles. The van der Waals surface area contributed by atoms with Gasteiger partial charge in [-0.15, -0.1) is 5.73 Å². The Balaban J connectivity index is 1.92. The van der Waals surface area contributed by atoms with Crippen molar-refractivity contribution in [1.29, 1.82) is 0 Å². The summed E-state index contributed by atoms with van der Waals surface area (Å²) in [6, 6.07) is 10.4. The van der Waals surface area contributed by atoms with E-state index in [0.717, 1.165) is 43.4 Å². The van der Waals surface area contributed by atoms with Crippen molar-refractivity contribution in [3.8, 4) is 0 Å². The number of thioether (sulfide) groups is 1. The number of hydrogen-bond acceptors (Lipinski definition) is 2. The van der Waals surface area contributed by atoms with Crippen LogP contribution in [0.1, 0.15) is 64.2 Å². The lowest BCUT2D eigenvalue weighted by Crippen LogP contribution is -2.32. The molecule has 22 heavy (non-hydrogen) atoms. The van der Waals surface area contributed by atoms with Crippen molar-refractivity contribution in [2.45, 2.75) is 74.7 Å². The zero-order chi connectivity index (χ0) is 15.3. The molecule has 1 N–H and O–H groups in total. The minimum Gasteiger partial charge on any atom is -0.384 e. The summed E-state index contributed by atoms with van der Waals surface area (Å²) in [5, 5.41) is 11.2. The summed E-state index contributed by atoms with van der Waals surface area (Å²) < 4.78 is 0. The fourth-order valence-electron chi connectivity index (χ4n) is 3.47. The van der Waals surface area contributed by atoms with Gasteiger partial charge in [-0.2, -0.15) is 0 Å². The summed E-state index contributed by atoms with van der Waals surface area (Å²) in [7, 11) is 0. The summed E-state index contributed by atoms with van der Waals surface area (Å²) in [6.07, 6.45) is 11.5. The van der Waals surface area contributed by atoms with E-state index in [0.29, 0.717) is 0 Å². The Labute approximate surface area is 138 Å². The molecule has 2 aliphatic carbocycles. The Kier molecular flexibility index (Phi) is 5.46. The molecule has 118 valence electrons. The van der Waals surface area contributed by atoms with Crippen molar-refractivity contribution in [2.75, 3.05) is 0 Å². The van der Waals surface area contributed by atoms with Gasteiger partial charge < -0.3 is 5.11 Å². The topological polar surface area (TPSA) is 20.2 Å². The molecule has 0 unspecified atom stereocenters. The molecular weight excluding hydrogens is 288 g/mol. The van der Waals surface area contributed by atoms with Gasteiger partial charge in [-0.25, -0.2) is 0 Å². The monoisotopic (exact) mass is 314 g/mol. The molecule has 0 heterocycles. The molecule has 0 amide bonds. The molecule has 2 fully saturated rings. The maximum absolute atomic E-state index is 11.2. The second kappa shape index (κ2) is 7.55. The third-order valence-electron chi connectivity index (χ3n) is 4.81. The van der Waals surface area contributed by atoms with Gasteiger partial charge in [0.2, 0.25) is 0 Å². The fraction of sp³-hybridized carbons (Fsp3) is 0.550. The molecule has 0 spiro atoms. The largest absolute Gasteiger partial charge is 0.384 e. The Morgan fingerprint density at radius 3 is 2.23 bits per heavy atom. The van der Waals surface area contributed by atoms with Gasteiger partial charge in [0, 0.05) is 4.90 Å². The molecule has 3 rings (SSSR count). The standard InChI is InChI=1S/C20H26OS/c21-20(14-8-3-9-15-20)19(16-17-10-4-1-5-11-17)22-18-12-6-2-7-13-18/h2,6-7,12-13,21H,1,3-5,8-11,14-15H2. The van der Waals surface area contributed by atoms with Crippen LogP contribution in [0.3, 0.4) is 0 Å². The molecule has 0 aromatic heterocycles. The highest BCUT2D eigenvalue weighted by Gasteiger charge is 2.34. The normalized spacial score (nSPS) is 21.2. The zero-order valence-electron chi connectivity index (χ0n) is 13.3. The molecule has 2 aliphatic rings. The molecule has 1 nitrogen and oxygen atoms in total. The lowest BCUT2D eigenvalue weighted by molar-refractivity contribution is 0.0478. The lowest BCUT2D eigenvalue weighted by Gasteiger charge is -2.33. The minimum atomic E-state index is -0.650. The van der Waals surface area contributed by atoms with Gasteiger partial charge in [0.25, 0.3) is 0 Å². The van der Waals surface area contributed by atoms with Crippen molar-refractivity contribution < 1.29 is 5.11 Å². The van der Waals surface area contributed by atoms with Crippen LogP contribution in [0.2, 0.25) is 0 Å². The predicted molar refractivity (Wildman–Crippen MR) is 94.0 cm³/mol. The molecule has 2 saturated carbocycles. The molecule has 0 aliphatic heterocycles. The first-order chi connectivity index (χ1) is 10.8. The van der Waals surface area contributed by atoms with Crippen LogP contribution in [0.5, 0.6) is 0 Å². The zero-order valence-corrected chi connectivity index (χ0v) is 14.1. The van der Waals surface area contributed by atoms with Gasteiger partial charge in [0.05, 0.1) is 4.91 Å². The van der Waals surface area contributed by atoms with Gasteiger partial charge in [-0.1, -0.05) is 55.6 Å². The van der Waals surface area contributed by atoms with E-state index < -0.39 is 5.60 Å². The average Bonchev–Trinajstić information content (AvgIpc) is 2.57. The maximum atomic E-state index is 11.2. The van der Waals surface area contributed by atoms with Crippen molar-refractivity contribution in [3.63, 3.8) is 0 Å². The molecule has 0 atom stereocenters. The van der Waals surface area contributed by atoms with Crippen LogP contribution >= 0.6 is 11.8 Å². The fourth-order valence-corrected chi connectivity index (χ4v) is 4.59. The summed E-state index contributed by atoms with van der Waals surface area (Å²) in [6.45, 7) is 0. The molecule has 0 saturated heterocycles. The number of benzene rings is 1. The van der Waals surface area contributed by atoms with Crippen molar-refractivity contribution in [2.24, 2.45) is 0 Å². The van der Waals surface area contributed by atoms with Crippen LogP contribution in [-0.2, 0) is 0 Å². The molecule has 1 aromatic rings. The smallest absolute Gasteiger partial charge is 0.103 e. The average molecular weight is 314 g/mol. The molecule has 0 bridgehead atoms. The second-order valence-electron chi connectivity index (χ2n) is 6.63. The first-order valence-corrected chi connectivity index (χ1v) is 9.52. The van der Waals surface area contributed by atoms with E-state index in [9.17, 15) is 5.11 Å². The van der Waals surface area contributed by atoms with E-state index in [4.69, 9.17) is 0 Å². The van der Waals surface area contributed by atoms with Crippen LogP contribution in [0.4, 0.5) is 0 Å². The van der Waals surface area contributed by atoms with E-state index in [1.54, 1.807) is 11.8 Å². The number of hydrogen-bond donors (Lipinski definition) is 1. The number of aliphatic hydroxyl groups is 1. The highest BCUT2D eigenvalue weighted by atomic mass is 32.2. The summed E-state index contributed by atoms with van der Waals surface area (Å²) in [4.78, 5) is 2.27. The minimum absolute atomic E-state index is 0.650. The Morgan fingerprint density at radius 2 is 1.55 bits per heavy atom. The van der Waals surface area contributed by atoms with E-state index in [2.05, 4.69) is 30.0 Å². The van der Waals surface area contributed by atoms with E-state index in [1.807, 2.05) is 6.07 Å². The first-order valence-electron chi connectivity index (χ1n) is 8.71. The van der Waals surface area contributed by atoms with E-state index in [1.165, 1.54) is 36.2 Å². The second-order valence-corrected chi connectivity index (χ2v) is 7.71. The van der Waals surface area contributed by atoms with Crippen LogP contribution in [0, 0.1) is 0 Å². The van der Waals surface area contributed by atoms with Crippen LogP contribution in [0.15, 0.2) is 51.4 Å². The van der Waals surface area contributed by atoms with Crippen LogP contribution in [0.25, 0.3) is 0 Å². The Morgan fingerprint density at radius 1 is 0.909 bits per heavy atom. The van der Waals surface area contributed by atoms with Crippen LogP contribution in [-0.4, -0.2) is 10.7 Å². The van der Waals surface area contributed by atoms with Gasteiger partial charge in [0.15, 0.2) is 0 Å². The number of rotatable bonds is 3. The third kappa shape index (κ3) is 4.07.